The Balaban J connectivity index is 1.70. The van der Waals surface area contributed by atoms with Gasteiger partial charge in [0.05, 0.1) is 17.6 Å². The molecule has 1 saturated heterocycles. The van der Waals surface area contributed by atoms with Gasteiger partial charge in [-0.05, 0) is 37.9 Å². The van der Waals surface area contributed by atoms with Gasteiger partial charge in [0.25, 0.3) is 0 Å². The minimum Gasteiger partial charge on any atom is -0.341 e. The van der Waals surface area contributed by atoms with E-state index in [0.29, 0.717) is 12.0 Å². The van der Waals surface area contributed by atoms with Crippen LogP contribution in [0.25, 0.3) is 11.0 Å². The average molecular weight is 244 g/mol. The highest BCUT2D eigenvalue weighted by Crippen LogP contribution is 2.20. The molecule has 2 unspecified atom stereocenters. The third-order valence-corrected chi connectivity index (χ3v) is 3.86. The third-order valence-electron chi connectivity index (χ3n) is 3.86. The topological polar surface area (TPSA) is 57.9 Å². The van der Waals surface area contributed by atoms with E-state index in [1.54, 1.807) is 0 Å². The van der Waals surface area contributed by atoms with Crippen molar-refractivity contribution in [3.05, 3.63) is 30.1 Å². The zero-order valence-electron chi connectivity index (χ0n) is 10.8. The molecule has 1 aliphatic heterocycles. The van der Waals surface area contributed by atoms with Crippen LogP contribution in [0.4, 0.5) is 0 Å². The maximum absolute atomic E-state index is 5.96. The van der Waals surface area contributed by atoms with E-state index in [0.717, 1.165) is 36.5 Å². The Morgan fingerprint density at radius 1 is 1.50 bits per heavy atom. The summed E-state index contributed by atoms with van der Waals surface area (Å²) < 4.78 is 0. The van der Waals surface area contributed by atoms with Crippen molar-refractivity contribution < 1.29 is 0 Å². The van der Waals surface area contributed by atoms with Gasteiger partial charge in [-0.1, -0.05) is 12.1 Å². The normalized spacial score (nSPS) is 22.7. The molecule has 2 atom stereocenters. The van der Waals surface area contributed by atoms with Crippen LogP contribution in [-0.2, 0) is 6.54 Å². The summed E-state index contributed by atoms with van der Waals surface area (Å²) >= 11 is 0. The second kappa shape index (κ2) is 4.71. The van der Waals surface area contributed by atoms with Gasteiger partial charge in [0.2, 0.25) is 0 Å². The van der Waals surface area contributed by atoms with E-state index in [2.05, 4.69) is 27.9 Å². The van der Waals surface area contributed by atoms with Crippen molar-refractivity contribution in [3.63, 3.8) is 0 Å². The molecule has 3 rings (SSSR count). The first-order chi connectivity index (χ1) is 8.72. The van der Waals surface area contributed by atoms with E-state index in [-0.39, 0.29) is 0 Å². The number of hydrogen-bond donors (Lipinski definition) is 2. The maximum atomic E-state index is 5.96. The van der Waals surface area contributed by atoms with Gasteiger partial charge in [-0.2, -0.15) is 0 Å². The van der Waals surface area contributed by atoms with Crippen LogP contribution in [0.1, 0.15) is 19.2 Å². The first kappa shape index (κ1) is 11.7. The summed E-state index contributed by atoms with van der Waals surface area (Å²) in [7, 11) is 0. The first-order valence-electron chi connectivity index (χ1n) is 6.64. The minimum absolute atomic E-state index is 0.297. The quantitative estimate of drug-likeness (QED) is 0.864. The molecule has 4 heteroatoms. The van der Waals surface area contributed by atoms with Crippen LogP contribution in [0.2, 0.25) is 0 Å². The van der Waals surface area contributed by atoms with Crippen LogP contribution in [0.3, 0.4) is 0 Å². The van der Waals surface area contributed by atoms with Crippen molar-refractivity contribution in [2.24, 2.45) is 11.7 Å². The molecule has 0 radical (unpaired) electrons. The zero-order valence-corrected chi connectivity index (χ0v) is 10.8. The summed E-state index contributed by atoms with van der Waals surface area (Å²) in [5, 5.41) is 0. The monoisotopic (exact) mass is 244 g/mol. The molecule has 2 heterocycles. The second-order valence-corrected chi connectivity index (χ2v) is 5.34. The number of hydrogen-bond acceptors (Lipinski definition) is 3. The number of fused-ring (bicyclic) bond motifs is 1. The van der Waals surface area contributed by atoms with Gasteiger partial charge < -0.3 is 10.7 Å². The Morgan fingerprint density at radius 3 is 3.06 bits per heavy atom. The van der Waals surface area contributed by atoms with Gasteiger partial charge in [0, 0.05) is 12.6 Å². The van der Waals surface area contributed by atoms with Gasteiger partial charge in [-0.15, -0.1) is 0 Å². The lowest BCUT2D eigenvalue weighted by molar-refractivity contribution is 0.302. The predicted molar refractivity (Wildman–Crippen MR) is 73.1 cm³/mol. The van der Waals surface area contributed by atoms with Crippen LogP contribution in [0.15, 0.2) is 24.3 Å². The Bertz CT molecular complexity index is 498. The largest absolute Gasteiger partial charge is 0.341 e. The van der Waals surface area contributed by atoms with Crippen LogP contribution in [0.5, 0.6) is 0 Å². The van der Waals surface area contributed by atoms with Crippen LogP contribution < -0.4 is 5.73 Å². The molecular formula is C14H20N4. The molecular weight excluding hydrogens is 224 g/mol. The number of nitrogens with one attached hydrogen (secondary N) is 1. The highest BCUT2D eigenvalue weighted by molar-refractivity contribution is 5.74. The highest BCUT2D eigenvalue weighted by atomic mass is 15.2. The Kier molecular flexibility index (Phi) is 3.06. The average Bonchev–Trinajstić information content (AvgIpc) is 2.94. The first-order valence-corrected chi connectivity index (χ1v) is 6.64. The molecule has 0 aliphatic carbocycles. The lowest BCUT2D eigenvalue weighted by atomic mass is 10.0. The number of nitrogens with zero attached hydrogens (tertiary/aromatic N) is 2. The number of nitrogens with two attached hydrogens (primary N) is 1. The summed E-state index contributed by atoms with van der Waals surface area (Å²) in [5.74, 6) is 1.69. The van der Waals surface area contributed by atoms with Crippen molar-refractivity contribution in [2.75, 3.05) is 13.1 Å². The molecule has 1 aromatic carbocycles. The van der Waals surface area contributed by atoms with E-state index >= 15 is 0 Å². The lowest BCUT2D eigenvalue weighted by Crippen LogP contribution is -2.29. The number of aromatic amines is 1. The number of benzene rings is 1. The molecule has 1 aromatic heterocycles. The molecule has 18 heavy (non-hydrogen) atoms. The van der Waals surface area contributed by atoms with Crippen LogP contribution in [0, 0.1) is 5.92 Å². The summed E-state index contributed by atoms with van der Waals surface area (Å²) in [4.78, 5) is 10.4. The number of H-pyrrole nitrogens is 1. The number of para-hydroxylation sites is 2. The van der Waals surface area contributed by atoms with E-state index in [1.165, 1.54) is 6.42 Å². The molecule has 1 fully saturated rings. The fourth-order valence-corrected chi connectivity index (χ4v) is 2.73. The maximum Gasteiger partial charge on any atom is 0.121 e. The van der Waals surface area contributed by atoms with Crippen molar-refractivity contribution in [1.29, 1.82) is 0 Å². The molecule has 0 saturated carbocycles. The van der Waals surface area contributed by atoms with Gasteiger partial charge in [0.1, 0.15) is 5.82 Å². The van der Waals surface area contributed by atoms with E-state index in [1.807, 2.05) is 18.2 Å². The summed E-state index contributed by atoms with van der Waals surface area (Å²) in [6, 6.07) is 8.47. The minimum atomic E-state index is 0.297. The van der Waals surface area contributed by atoms with E-state index in [4.69, 9.17) is 5.73 Å². The Hall–Kier alpha value is -1.39. The Morgan fingerprint density at radius 2 is 2.33 bits per heavy atom. The standard InChI is InChI=1S/C14H20N4/c1-10(15)11-6-7-18(8-11)9-14-16-12-4-2-3-5-13(12)17-14/h2-5,10-11H,6-9,15H2,1H3,(H,16,17). The summed E-state index contributed by atoms with van der Waals surface area (Å²) in [5.41, 5.74) is 8.14. The fourth-order valence-electron chi connectivity index (χ4n) is 2.73. The Labute approximate surface area is 107 Å². The molecule has 2 aromatic rings. The van der Waals surface area contributed by atoms with Gasteiger partial charge in [0.15, 0.2) is 0 Å². The van der Waals surface area contributed by atoms with Gasteiger partial charge >= 0.3 is 0 Å². The number of rotatable bonds is 3. The third kappa shape index (κ3) is 2.26. The molecule has 1 aliphatic rings. The number of likely N-dealkylation sites (tertiary alicyclic amines) is 1. The summed E-state index contributed by atoms with van der Waals surface area (Å²) in [6.45, 7) is 5.23. The molecule has 4 nitrogen and oxygen atoms in total. The fraction of sp³-hybridized carbons (Fsp3) is 0.500. The highest BCUT2D eigenvalue weighted by Gasteiger charge is 2.25. The van der Waals surface area contributed by atoms with E-state index in [9.17, 15) is 0 Å². The molecule has 96 valence electrons. The molecule has 0 bridgehead atoms. The van der Waals surface area contributed by atoms with Crippen LogP contribution >= 0.6 is 0 Å². The zero-order chi connectivity index (χ0) is 12.5. The predicted octanol–water partition coefficient (Wildman–Crippen LogP) is 1.73. The van der Waals surface area contributed by atoms with Crippen LogP contribution in [-0.4, -0.2) is 34.0 Å². The smallest absolute Gasteiger partial charge is 0.121 e. The van der Waals surface area contributed by atoms with Crippen molar-refractivity contribution in [3.8, 4) is 0 Å². The van der Waals surface area contributed by atoms with Gasteiger partial charge in [-0.3, -0.25) is 4.90 Å². The molecule has 0 amide bonds. The molecule has 0 spiro atoms. The second-order valence-electron chi connectivity index (χ2n) is 5.34. The van der Waals surface area contributed by atoms with Crippen molar-refractivity contribution >= 4 is 11.0 Å². The van der Waals surface area contributed by atoms with Gasteiger partial charge in [-0.25, -0.2) is 4.98 Å². The lowest BCUT2D eigenvalue weighted by Gasteiger charge is -2.16. The number of imidazole rings is 1. The summed E-state index contributed by atoms with van der Waals surface area (Å²) in [6.07, 6.45) is 1.21. The van der Waals surface area contributed by atoms with Crippen molar-refractivity contribution in [1.82, 2.24) is 14.9 Å². The van der Waals surface area contributed by atoms with Crippen molar-refractivity contribution in [2.45, 2.75) is 25.9 Å². The SMILES string of the molecule is CC(N)C1CCN(Cc2nc3ccccc3[nH]2)C1. The van der Waals surface area contributed by atoms with E-state index < -0.39 is 0 Å². The number of aromatic nitrogens is 2. The molecule has 3 N–H and O–H groups in total.